The fourth-order valence-corrected chi connectivity index (χ4v) is 4.46. The first-order valence-corrected chi connectivity index (χ1v) is 10.6. The van der Waals surface area contributed by atoms with Crippen LogP contribution in [0.4, 0.5) is 16.0 Å². The Labute approximate surface area is 169 Å². The molecule has 0 aliphatic carbocycles. The molecule has 0 radical (unpaired) electrons. The fourth-order valence-electron chi connectivity index (χ4n) is 2.57. The number of rotatable bonds is 5. The van der Waals surface area contributed by atoms with Crippen molar-refractivity contribution < 1.29 is 17.6 Å². The number of nitrogens with zero attached hydrogens (tertiary/aromatic N) is 2. The van der Waals surface area contributed by atoms with E-state index in [0.29, 0.717) is 16.0 Å². The Bertz CT molecular complexity index is 1290. The highest BCUT2D eigenvalue weighted by Gasteiger charge is 2.16. The summed E-state index contributed by atoms with van der Waals surface area (Å²) < 4.78 is 41.1. The van der Waals surface area contributed by atoms with Gasteiger partial charge in [0.05, 0.1) is 9.77 Å². The van der Waals surface area contributed by atoms with Crippen LogP contribution in [0.15, 0.2) is 71.9 Å². The summed E-state index contributed by atoms with van der Waals surface area (Å²) in [5.74, 6) is -0.766. The first-order chi connectivity index (χ1) is 13.9. The monoisotopic (exact) mass is 428 g/mol. The largest absolute Gasteiger partial charge is 0.321 e. The van der Waals surface area contributed by atoms with Crippen LogP contribution >= 0.6 is 11.3 Å². The molecule has 0 spiro atoms. The molecule has 2 aromatic carbocycles. The second-order valence-electron chi connectivity index (χ2n) is 5.95. The summed E-state index contributed by atoms with van der Waals surface area (Å²) in [5, 5.41) is 3.35. The lowest BCUT2D eigenvalue weighted by Crippen LogP contribution is -2.15. The molecule has 0 bridgehead atoms. The molecular formula is C19H13FN4O3S2. The van der Waals surface area contributed by atoms with Crippen LogP contribution in [-0.2, 0) is 10.0 Å². The van der Waals surface area contributed by atoms with Gasteiger partial charge in [-0.1, -0.05) is 0 Å². The number of nitrogens with one attached hydrogen (secondary N) is 2. The van der Waals surface area contributed by atoms with Crippen LogP contribution in [0.5, 0.6) is 0 Å². The average molecular weight is 428 g/mol. The molecule has 4 aromatic rings. The van der Waals surface area contributed by atoms with Crippen molar-refractivity contribution in [3.05, 3.63) is 77.7 Å². The third-order valence-corrected chi connectivity index (χ3v) is 6.37. The molecule has 2 N–H and O–H groups in total. The zero-order valence-corrected chi connectivity index (χ0v) is 16.3. The zero-order valence-electron chi connectivity index (χ0n) is 14.7. The molecule has 10 heteroatoms. The Morgan fingerprint density at radius 3 is 2.45 bits per heavy atom. The quantitative estimate of drug-likeness (QED) is 0.502. The molecule has 0 aliphatic heterocycles. The number of sulfonamides is 1. The zero-order chi connectivity index (χ0) is 20.4. The van der Waals surface area contributed by atoms with Crippen LogP contribution in [-0.4, -0.2) is 24.3 Å². The molecule has 0 saturated heterocycles. The predicted molar refractivity (Wildman–Crippen MR) is 109 cm³/mol. The Morgan fingerprint density at radius 2 is 1.72 bits per heavy atom. The Morgan fingerprint density at radius 1 is 1.00 bits per heavy atom. The van der Waals surface area contributed by atoms with Gasteiger partial charge in [-0.25, -0.2) is 27.5 Å². The lowest BCUT2D eigenvalue weighted by Gasteiger charge is -2.08. The van der Waals surface area contributed by atoms with E-state index in [1.54, 1.807) is 18.2 Å². The number of hydrogen-bond acceptors (Lipinski definition) is 6. The third kappa shape index (κ3) is 4.23. The van der Waals surface area contributed by atoms with Gasteiger partial charge >= 0.3 is 0 Å². The van der Waals surface area contributed by atoms with Gasteiger partial charge in [0.15, 0.2) is 0 Å². The van der Waals surface area contributed by atoms with E-state index in [1.807, 2.05) is 0 Å². The van der Waals surface area contributed by atoms with Gasteiger partial charge in [-0.05, 0) is 60.0 Å². The van der Waals surface area contributed by atoms with E-state index in [0.717, 1.165) is 4.70 Å². The second kappa shape index (κ2) is 7.57. The molecule has 146 valence electrons. The minimum absolute atomic E-state index is 0.000268. The summed E-state index contributed by atoms with van der Waals surface area (Å²) >= 11 is 1.24. The third-order valence-electron chi connectivity index (χ3n) is 3.92. The van der Waals surface area contributed by atoms with E-state index >= 15 is 0 Å². The fraction of sp³-hybridized carbons (Fsp3) is 0. The van der Waals surface area contributed by atoms with Crippen molar-refractivity contribution in [2.75, 3.05) is 10.0 Å². The van der Waals surface area contributed by atoms with Gasteiger partial charge in [-0.2, -0.15) is 0 Å². The first kappa shape index (κ1) is 19.0. The van der Waals surface area contributed by atoms with E-state index in [4.69, 9.17) is 0 Å². The molecular weight excluding hydrogens is 415 g/mol. The molecule has 0 saturated carbocycles. The minimum Gasteiger partial charge on any atom is -0.321 e. The number of amides is 1. The number of hydrogen-bond donors (Lipinski definition) is 2. The van der Waals surface area contributed by atoms with Crippen molar-refractivity contribution in [2.24, 2.45) is 0 Å². The summed E-state index contributed by atoms with van der Waals surface area (Å²) in [5.41, 5.74) is 0.425. The molecule has 29 heavy (non-hydrogen) atoms. The number of carbonyl (C=O) groups excluding carboxylic acids is 1. The molecule has 0 unspecified atom stereocenters. The minimum atomic E-state index is -3.85. The van der Waals surface area contributed by atoms with Crippen molar-refractivity contribution in [1.29, 1.82) is 0 Å². The standard InChI is InChI=1S/C19H13FN4O3S2/c20-13-2-7-16-12(10-13)11-17(28-16)18(25)23-14-3-5-15(6-4-14)29(26,27)24-19-21-8-1-9-22-19/h1-11H,(H,23,25)(H,21,22,24). The summed E-state index contributed by atoms with van der Waals surface area (Å²) in [4.78, 5) is 20.5. The molecule has 0 aliphatic rings. The van der Waals surface area contributed by atoms with Crippen molar-refractivity contribution in [1.82, 2.24) is 9.97 Å². The Kier molecular flexibility index (Phi) is 4.95. The van der Waals surface area contributed by atoms with Gasteiger partial charge in [0.25, 0.3) is 15.9 Å². The van der Waals surface area contributed by atoms with Gasteiger partial charge in [-0.3, -0.25) is 4.79 Å². The summed E-state index contributed by atoms with van der Waals surface area (Å²) in [7, 11) is -3.85. The summed E-state index contributed by atoms with van der Waals surface area (Å²) in [6, 6.07) is 13.2. The smallest absolute Gasteiger partial charge is 0.265 e. The topological polar surface area (TPSA) is 101 Å². The van der Waals surface area contributed by atoms with Crippen LogP contribution in [0.3, 0.4) is 0 Å². The van der Waals surface area contributed by atoms with Gasteiger partial charge in [0, 0.05) is 22.8 Å². The number of halogens is 1. The van der Waals surface area contributed by atoms with E-state index < -0.39 is 10.0 Å². The normalized spacial score (nSPS) is 11.3. The van der Waals surface area contributed by atoms with Crippen molar-refractivity contribution in [3.8, 4) is 0 Å². The van der Waals surface area contributed by atoms with Crippen LogP contribution < -0.4 is 10.0 Å². The number of aromatic nitrogens is 2. The predicted octanol–water partition coefficient (Wildman–Crippen LogP) is 3.88. The van der Waals surface area contributed by atoms with Crippen molar-refractivity contribution in [2.45, 2.75) is 4.90 Å². The highest BCUT2D eigenvalue weighted by molar-refractivity contribution is 7.92. The number of carbonyl (C=O) groups is 1. The van der Waals surface area contributed by atoms with Crippen molar-refractivity contribution >= 4 is 49.0 Å². The first-order valence-electron chi connectivity index (χ1n) is 8.31. The lowest BCUT2D eigenvalue weighted by atomic mass is 10.2. The maximum absolute atomic E-state index is 13.3. The molecule has 1 amide bonds. The van der Waals surface area contributed by atoms with Crippen LogP contribution in [0.25, 0.3) is 10.1 Å². The van der Waals surface area contributed by atoms with Crippen LogP contribution in [0.1, 0.15) is 9.67 Å². The highest BCUT2D eigenvalue weighted by Crippen LogP contribution is 2.27. The SMILES string of the molecule is O=C(Nc1ccc(S(=O)(=O)Nc2ncccn2)cc1)c1cc2cc(F)ccc2s1. The average Bonchev–Trinajstić information content (AvgIpc) is 3.12. The number of benzene rings is 2. The van der Waals surface area contributed by atoms with E-state index in [-0.39, 0.29) is 22.6 Å². The molecule has 0 fully saturated rings. The Hall–Kier alpha value is -3.37. The Balaban J connectivity index is 1.49. The highest BCUT2D eigenvalue weighted by atomic mass is 32.2. The van der Waals surface area contributed by atoms with Gasteiger partial charge in [-0.15, -0.1) is 11.3 Å². The van der Waals surface area contributed by atoms with E-state index in [9.17, 15) is 17.6 Å². The van der Waals surface area contributed by atoms with Gasteiger partial charge in [0.2, 0.25) is 5.95 Å². The van der Waals surface area contributed by atoms with Crippen molar-refractivity contribution in [3.63, 3.8) is 0 Å². The molecule has 7 nitrogen and oxygen atoms in total. The lowest BCUT2D eigenvalue weighted by molar-refractivity contribution is 0.103. The van der Waals surface area contributed by atoms with Gasteiger partial charge in [0.1, 0.15) is 5.82 Å². The number of anilines is 2. The van der Waals surface area contributed by atoms with E-state index in [1.165, 1.54) is 60.1 Å². The second-order valence-corrected chi connectivity index (χ2v) is 8.72. The molecule has 4 rings (SSSR count). The summed E-state index contributed by atoms with van der Waals surface area (Å²) in [6.45, 7) is 0. The van der Waals surface area contributed by atoms with Crippen LogP contribution in [0.2, 0.25) is 0 Å². The molecule has 0 atom stereocenters. The molecule has 2 aromatic heterocycles. The molecule has 2 heterocycles. The number of thiophene rings is 1. The van der Waals surface area contributed by atoms with Gasteiger partial charge < -0.3 is 5.32 Å². The maximum Gasteiger partial charge on any atom is 0.265 e. The number of fused-ring (bicyclic) bond motifs is 1. The summed E-state index contributed by atoms with van der Waals surface area (Å²) in [6.07, 6.45) is 2.84. The maximum atomic E-state index is 13.3. The van der Waals surface area contributed by atoms with Crippen LogP contribution in [0, 0.1) is 5.82 Å². The van der Waals surface area contributed by atoms with E-state index in [2.05, 4.69) is 20.0 Å².